The third kappa shape index (κ3) is 2.16. The lowest BCUT2D eigenvalue weighted by Crippen LogP contribution is -2.34. The molecule has 4 N–H and O–H groups in total. The van der Waals surface area contributed by atoms with Crippen LogP contribution in [0.15, 0.2) is 33.9 Å². The molecule has 1 aromatic heterocycles. The Morgan fingerprint density at radius 2 is 2.06 bits per heavy atom. The molecule has 0 aliphatic rings. The van der Waals surface area contributed by atoms with Gasteiger partial charge in [0.1, 0.15) is 0 Å². The van der Waals surface area contributed by atoms with E-state index < -0.39 is 11.2 Å². The van der Waals surface area contributed by atoms with Gasteiger partial charge >= 0.3 is 5.69 Å². The Hall–Kier alpha value is -2.41. The molecule has 0 aliphatic heterocycles. The molecule has 0 amide bonds. The van der Waals surface area contributed by atoms with Crippen LogP contribution in [-0.2, 0) is 6.54 Å². The Morgan fingerprint density at radius 3 is 2.72 bits per heavy atom. The first kappa shape index (κ1) is 12.1. The molecule has 7 heteroatoms. The minimum atomic E-state index is -0.660. The minimum Gasteiger partial charge on any atom is -0.398 e. The van der Waals surface area contributed by atoms with E-state index >= 15 is 0 Å². The average molecular weight is 248 g/mol. The fourth-order valence-corrected chi connectivity index (χ4v) is 1.57. The van der Waals surface area contributed by atoms with Gasteiger partial charge in [-0.15, -0.1) is 0 Å². The van der Waals surface area contributed by atoms with Crippen molar-refractivity contribution >= 4 is 5.69 Å². The van der Waals surface area contributed by atoms with Gasteiger partial charge in [0.05, 0.1) is 13.2 Å². The molecule has 0 atom stereocenters. The van der Waals surface area contributed by atoms with Crippen molar-refractivity contribution in [1.82, 2.24) is 14.8 Å². The molecule has 0 fully saturated rings. The van der Waals surface area contributed by atoms with Gasteiger partial charge in [0.15, 0.2) is 5.69 Å². The number of H-pyrrole nitrogens is 1. The van der Waals surface area contributed by atoms with E-state index in [1.807, 2.05) is 0 Å². The van der Waals surface area contributed by atoms with Gasteiger partial charge < -0.3 is 10.8 Å². The average Bonchev–Trinajstić information content (AvgIpc) is 2.34. The molecule has 7 nitrogen and oxygen atoms in total. The first-order valence-corrected chi connectivity index (χ1v) is 5.30. The number of hydrogen-bond acceptors (Lipinski definition) is 5. The van der Waals surface area contributed by atoms with Crippen LogP contribution in [0, 0.1) is 0 Å². The van der Waals surface area contributed by atoms with Gasteiger partial charge in [-0.25, -0.2) is 9.48 Å². The minimum absolute atomic E-state index is 0.00928. The molecule has 1 aromatic carbocycles. The summed E-state index contributed by atoms with van der Waals surface area (Å²) in [5, 5.41) is 12.7. The number of aliphatic hydroxyl groups is 1. The summed E-state index contributed by atoms with van der Waals surface area (Å²) in [7, 11) is 0. The molecule has 0 aliphatic carbocycles. The van der Waals surface area contributed by atoms with Crippen LogP contribution in [0.25, 0.3) is 11.3 Å². The summed E-state index contributed by atoms with van der Waals surface area (Å²) in [4.78, 5) is 25.2. The van der Waals surface area contributed by atoms with Gasteiger partial charge in [0.2, 0.25) is 0 Å². The highest BCUT2D eigenvalue weighted by Crippen LogP contribution is 2.19. The first-order chi connectivity index (χ1) is 8.63. The van der Waals surface area contributed by atoms with Crippen molar-refractivity contribution < 1.29 is 5.11 Å². The van der Waals surface area contributed by atoms with Crippen molar-refractivity contribution in [2.24, 2.45) is 0 Å². The lowest BCUT2D eigenvalue weighted by molar-refractivity contribution is 0.265. The van der Waals surface area contributed by atoms with Crippen LogP contribution in [0.4, 0.5) is 5.69 Å². The van der Waals surface area contributed by atoms with Gasteiger partial charge in [-0.3, -0.25) is 9.78 Å². The Kier molecular flexibility index (Phi) is 3.24. The molecule has 0 bridgehead atoms. The molecular weight excluding hydrogens is 236 g/mol. The SMILES string of the molecule is Nc1ccccc1-c1nn(CCO)c(=O)[nH]c1=O. The van der Waals surface area contributed by atoms with E-state index in [0.29, 0.717) is 11.3 Å². The van der Waals surface area contributed by atoms with Crippen LogP contribution >= 0.6 is 0 Å². The fraction of sp³-hybridized carbons (Fsp3) is 0.182. The van der Waals surface area contributed by atoms with Crippen molar-refractivity contribution in [1.29, 1.82) is 0 Å². The second-order valence-electron chi connectivity index (χ2n) is 3.64. The van der Waals surface area contributed by atoms with Crippen molar-refractivity contribution in [3.8, 4) is 11.3 Å². The zero-order valence-electron chi connectivity index (χ0n) is 9.46. The number of nitrogens with one attached hydrogen (secondary N) is 1. The van der Waals surface area contributed by atoms with Crippen LogP contribution in [0.3, 0.4) is 0 Å². The van der Waals surface area contributed by atoms with Crippen LogP contribution < -0.4 is 17.0 Å². The third-order valence-corrected chi connectivity index (χ3v) is 2.42. The highest BCUT2D eigenvalue weighted by atomic mass is 16.3. The van der Waals surface area contributed by atoms with Gasteiger partial charge in [-0.1, -0.05) is 18.2 Å². The van der Waals surface area contributed by atoms with Gasteiger partial charge in [-0.2, -0.15) is 5.10 Å². The van der Waals surface area contributed by atoms with Gasteiger partial charge in [0, 0.05) is 11.3 Å². The molecule has 18 heavy (non-hydrogen) atoms. The summed E-state index contributed by atoms with van der Waals surface area (Å²) in [5.74, 6) is 0. The number of aromatic amines is 1. The monoisotopic (exact) mass is 248 g/mol. The van der Waals surface area contributed by atoms with Crippen molar-refractivity contribution in [3.63, 3.8) is 0 Å². The van der Waals surface area contributed by atoms with Crippen LogP contribution in [0.1, 0.15) is 0 Å². The maximum atomic E-state index is 11.7. The molecule has 0 radical (unpaired) electrons. The number of nitrogens with two attached hydrogens (primary N) is 1. The molecule has 0 saturated carbocycles. The summed E-state index contributed by atoms with van der Waals surface area (Å²) in [6, 6.07) is 6.73. The summed E-state index contributed by atoms with van der Waals surface area (Å²) >= 11 is 0. The summed E-state index contributed by atoms with van der Waals surface area (Å²) < 4.78 is 0.989. The Balaban J connectivity index is 2.65. The number of benzene rings is 1. The molecule has 0 spiro atoms. The molecule has 2 rings (SSSR count). The number of nitrogen functional groups attached to an aromatic ring is 1. The summed E-state index contributed by atoms with van der Waals surface area (Å²) in [6.45, 7) is -0.238. The topological polar surface area (TPSA) is 114 Å². The lowest BCUT2D eigenvalue weighted by Gasteiger charge is -2.06. The van der Waals surface area contributed by atoms with E-state index in [1.54, 1.807) is 24.3 Å². The number of anilines is 1. The van der Waals surface area contributed by atoms with Crippen LogP contribution in [0.2, 0.25) is 0 Å². The van der Waals surface area contributed by atoms with Crippen molar-refractivity contribution in [2.45, 2.75) is 6.54 Å². The van der Waals surface area contributed by atoms with E-state index in [1.165, 1.54) is 0 Å². The van der Waals surface area contributed by atoms with E-state index in [0.717, 1.165) is 4.68 Å². The number of nitrogens with zero attached hydrogens (tertiary/aromatic N) is 2. The summed E-state index contributed by atoms with van der Waals surface area (Å²) in [6.07, 6.45) is 0. The molecule has 2 aromatic rings. The predicted octanol–water partition coefficient (Wildman–Crippen LogP) is -0.827. The molecule has 94 valence electrons. The quantitative estimate of drug-likeness (QED) is 0.613. The highest BCUT2D eigenvalue weighted by Gasteiger charge is 2.11. The molecular formula is C11H12N4O3. The van der Waals surface area contributed by atoms with E-state index in [4.69, 9.17) is 10.8 Å². The summed E-state index contributed by atoms with van der Waals surface area (Å²) in [5.41, 5.74) is 5.39. The number of aromatic nitrogens is 3. The second-order valence-corrected chi connectivity index (χ2v) is 3.64. The van der Waals surface area contributed by atoms with Gasteiger partial charge in [-0.05, 0) is 6.07 Å². The molecule has 0 saturated heterocycles. The van der Waals surface area contributed by atoms with Crippen LogP contribution in [0.5, 0.6) is 0 Å². The van der Waals surface area contributed by atoms with E-state index in [9.17, 15) is 9.59 Å². The van der Waals surface area contributed by atoms with Crippen molar-refractivity contribution in [2.75, 3.05) is 12.3 Å². The lowest BCUT2D eigenvalue weighted by atomic mass is 10.1. The largest absolute Gasteiger partial charge is 0.398 e. The zero-order chi connectivity index (χ0) is 13.1. The highest BCUT2D eigenvalue weighted by molar-refractivity contribution is 5.72. The standard InChI is InChI=1S/C11H12N4O3/c12-8-4-2-1-3-7(8)9-10(17)13-11(18)15(14-9)5-6-16/h1-4,16H,5-6,12H2,(H,13,17,18). The van der Waals surface area contributed by atoms with E-state index in [2.05, 4.69) is 10.1 Å². The Labute approximate surface area is 102 Å². The smallest absolute Gasteiger partial charge is 0.344 e. The Bertz CT molecular complexity index is 674. The predicted molar refractivity (Wildman–Crippen MR) is 66.1 cm³/mol. The number of rotatable bonds is 3. The normalized spacial score (nSPS) is 10.5. The maximum absolute atomic E-state index is 11.7. The van der Waals surface area contributed by atoms with Crippen molar-refractivity contribution in [3.05, 3.63) is 45.1 Å². The third-order valence-electron chi connectivity index (χ3n) is 2.42. The van der Waals surface area contributed by atoms with E-state index in [-0.39, 0.29) is 18.8 Å². The Morgan fingerprint density at radius 1 is 1.33 bits per heavy atom. The molecule has 1 heterocycles. The number of hydrogen-bond donors (Lipinski definition) is 3. The van der Waals surface area contributed by atoms with Gasteiger partial charge in [0.25, 0.3) is 5.56 Å². The zero-order valence-corrected chi connectivity index (χ0v) is 9.46. The number of aliphatic hydroxyl groups excluding tert-OH is 1. The molecule has 0 unspecified atom stereocenters. The number of para-hydroxylation sites is 1. The fourth-order valence-electron chi connectivity index (χ4n) is 1.57. The second kappa shape index (κ2) is 4.84. The first-order valence-electron chi connectivity index (χ1n) is 5.30. The maximum Gasteiger partial charge on any atom is 0.344 e. The van der Waals surface area contributed by atoms with Crippen LogP contribution in [-0.4, -0.2) is 26.5 Å².